The zero-order valence-electron chi connectivity index (χ0n) is 10.4. The Balaban J connectivity index is 2.23. The number of anilines is 1. The van der Waals surface area contributed by atoms with Crippen LogP contribution in [0.25, 0.3) is 0 Å². The van der Waals surface area contributed by atoms with Gasteiger partial charge in [0.15, 0.2) is 0 Å². The van der Waals surface area contributed by atoms with E-state index in [1.165, 1.54) is 0 Å². The van der Waals surface area contributed by atoms with Crippen LogP contribution in [0, 0.1) is 6.92 Å². The highest BCUT2D eigenvalue weighted by Gasteiger charge is 2.10. The quantitative estimate of drug-likeness (QED) is 0.873. The summed E-state index contributed by atoms with van der Waals surface area (Å²) in [7, 11) is 2.02. The minimum Gasteiger partial charge on any atom is -0.389 e. The normalized spacial score (nSPS) is 10.3. The zero-order valence-corrected chi connectivity index (χ0v) is 12.0. The van der Waals surface area contributed by atoms with Crippen LogP contribution in [0.15, 0.2) is 29.6 Å². The molecule has 94 valence electrons. The van der Waals surface area contributed by atoms with Crippen LogP contribution >= 0.6 is 23.6 Å². The van der Waals surface area contributed by atoms with Gasteiger partial charge in [0, 0.05) is 23.7 Å². The third kappa shape index (κ3) is 2.86. The fourth-order valence-corrected chi connectivity index (χ4v) is 2.60. The molecule has 2 rings (SSSR count). The van der Waals surface area contributed by atoms with Gasteiger partial charge in [-0.3, -0.25) is 0 Å². The van der Waals surface area contributed by atoms with Crippen molar-refractivity contribution in [3.05, 3.63) is 45.9 Å². The number of hydrogen-bond acceptors (Lipinski definition) is 4. The van der Waals surface area contributed by atoms with Gasteiger partial charge in [-0.25, -0.2) is 4.98 Å². The molecule has 3 nitrogen and oxygen atoms in total. The topological polar surface area (TPSA) is 42.2 Å². The molecule has 0 fully saturated rings. The Morgan fingerprint density at radius 2 is 2.17 bits per heavy atom. The Labute approximate surface area is 116 Å². The van der Waals surface area contributed by atoms with Gasteiger partial charge in [-0.2, -0.15) is 0 Å². The average Bonchev–Trinajstić information content (AvgIpc) is 2.74. The molecule has 0 aliphatic rings. The molecule has 0 saturated heterocycles. The minimum atomic E-state index is 0.423. The lowest BCUT2D eigenvalue weighted by Gasteiger charge is -2.21. The molecule has 2 N–H and O–H groups in total. The summed E-state index contributed by atoms with van der Waals surface area (Å²) in [6, 6.07) is 7.90. The summed E-state index contributed by atoms with van der Waals surface area (Å²) >= 11 is 6.74. The summed E-state index contributed by atoms with van der Waals surface area (Å²) in [6.07, 6.45) is 0. The molecule has 1 aromatic carbocycles. The van der Waals surface area contributed by atoms with Crippen LogP contribution in [0.3, 0.4) is 0 Å². The van der Waals surface area contributed by atoms with Crippen LogP contribution in [0.5, 0.6) is 0 Å². The summed E-state index contributed by atoms with van der Waals surface area (Å²) in [4.78, 5) is 7.00. The molecule has 0 aliphatic heterocycles. The summed E-state index contributed by atoms with van der Waals surface area (Å²) < 4.78 is 0. The lowest BCUT2D eigenvalue weighted by molar-refractivity contribution is 0.889. The van der Waals surface area contributed by atoms with Crippen LogP contribution in [-0.4, -0.2) is 17.0 Å². The smallest absolute Gasteiger partial charge is 0.106 e. The molecular weight excluding hydrogens is 262 g/mol. The van der Waals surface area contributed by atoms with E-state index in [2.05, 4.69) is 15.3 Å². The number of benzene rings is 1. The maximum atomic E-state index is 5.74. The third-order valence-corrected chi connectivity index (χ3v) is 3.69. The second-order valence-corrected chi connectivity index (χ2v) is 5.60. The molecule has 0 amide bonds. The maximum Gasteiger partial charge on any atom is 0.106 e. The Hall–Kier alpha value is -1.46. The van der Waals surface area contributed by atoms with Crippen molar-refractivity contribution < 1.29 is 0 Å². The van der Waals surface area contributed by atoms with Gasteiger partial charge < -0.3 is 10.6 Å². The summed E-state index contributed by atoms with van der Waals surface area (Å²) in [6.45, 7) is 2.76. The largest absolute Gasteiger partial charge is 0.389 e. The third-order valence-electron chi connectivity index (χ3n) is 2.65. The Bertz CT molecular complexity index is 563. The Morgan fingerprint density at radius 3 is 2.78 bits per heavy atom. The summed E-state index contributed by atoms with van der Waals surface area (Å²) in [5, 5.41) is 3.16. The van der Waals surface area contributed by atoms with Crippen LogP contribution in [-0.2, 0) is 6.54 Å². The van der Waals surface area contributed by atoms with E-state index in [9.17, 15) is 0 Å². The second kappa shape index (κ2) is 5.46. The van der Waals surface area contributed by atoms with Gasteiger partial charge in [0.2, 0.25) is 0 Å². The Kier molecular flexibility index (Phi) is 3.93. The van der Waals surface area contributed by atoms with Crippen molar-refractivity contribution in [3.63, 3.8) is 0 Å². The molecule has 1 heterocycles. The number of hydrogen-bond donors (Lipinski definition) is 1. The molecule has 0 atom stereocenters. The number of aromatic nitrogens is 1. The van der Waals surface area contributed by atoms with E-state index in [0.29, 0.717) is 4.99 Å². The first-order chi connectivity index (χ1) is 8.58. The zero-order chi connectivity index (χ0) is 13.1. The molecule has 0 radical (unpaired) electrons. The fraction of sp³-hybridized carbons (Fsp3) is 0.231. The number of rotatable bonds is 4. The van der Waals surface area contributed by atoms with Gasteiger partial charge in [-0.15, -0.1) is 11.3 Å². The maximum absolute atomic E-state index is 5.74. The van der Waals surface area contributed by atoms with Crippen LogP contribution < -0.4 is 10.6 Å². The SMILES string of the molecule is Cc1nc(CN(C)c2ccccc2C(N)=S)cs1. The molecule has 1 aromatic heterocycles. The predicted octanol–water partition coefficient (Wildman–Crippen LogP) is 2.72. The number of thiazole rings is 1. The number of thiocarbonyl (C=S) groups is 1. The number of aryl methyl sites for hydroxylation is 1. The van der Waals surface area contributed by atoms with Crippen molar-refractivity contribution in [2.45, 2.75) is 13.5 Å². The van der Waals surface area contributed by atoms with Gasteiger partial charge in [-0.05, 0) is 19.1 Å². The van der Waals surface area contributed by atoms with E-state index >= 15 is 0 Å². The molecular formula is C13H15N3S2. The number of nitrogens with two attached hydrogens (primary N) is 1. The number of nitrogens with zero attached hydrogens (tertiary/aromatic N) is 2. The molecule has 0 aliphatic carbocycles. The highest BCUT2D eigenvalue weighted by atomic mass is 32.1. The van der Waals surface area contributed by atoms with Crippen molar-refractivity contribution >= 4 is 34.2 Å². The summed E-state index contributed by atoms with van der Waals surface area (Å²) in [5.41, 5.74) is 8.75. The fourth-order valence-electron chi connectivity index (χ4n) is 1.82. The lowest BCUT2D eigenvalue weighted by Crippen LogP contribution is -2.21. The second-order valence-electron chi connectivity index (χ2n) is 4.10. The van der Waals surface area contributed by atoms with Crippen molar-refractivity contribution in [1.29, 1.82) is 0 Å². The predicted molar refractivity (Wildman–Crippen MR) is 81.3 cm³/mol. The first kappa shape index (κ1) is 13.0. The van der Waals surface area contributed by atoms with Crippen molar-refractivity contribution in [2.75, 3.05) is 11.9 Å². The van der Waals surface area contributed by atoms with E-state index in [0.717, 1.165) is 28.5 Å². The van der Waals surface area contributed by atoms with Crippen molar-refractivity contribution in [3.8, 4) is 0 Å². The molecule has 0 bridgehead atoms. The van der Waals surface area contributed by atoms with E-state index in [1.807, 2.05) is 38.2 Å². The van der Waals surface area contributed by atoms with E-state index < -0.39 is 0 Å². The van der Waals surface area contributed by atoms with E-state index in [1.54, 1.807) is 11.3 Å². The van der Waals surface area contributed by atoms with Crippen molar-refractivity contribution in [1.82, 2.24) is 4.98 Å². The monoisotopic (exact) mass is 277 g/mol. The molecule has 18 heavy (non-hydrogen) atoms. The first-order valence-corrected chi connectivity index (χ1v) is 6.87. The summed E-state index contributed by atoms with van der Waals surface area (Å²) in [5.74, 6) is 0. The molecule has 0 unspecified atom stereocenters. The highest BCUT2D eigenvalue weighted by molar-refractivity contribution is 7.80. The van der Waals surface area contributed by atoms with Gasteiger partial charge in [0.25, 0.3) is 0 Å². The highest BCUT2D eigenvalue weighted by Crippen LogP contribution is 2.21. The Morgan fingerprint density at radius 1 is 1.44 bits per heavy atom. The van der Waals surface area contributed by atoms with E-state index in [-0.39, 0.29) is 0 Å². The van der Waals surface area contributed by atoms with Gasteiger partial charge in [-0.1, -0.05) is 24.4 Å². The molecule has 5 heteroatoms. The number of para-hydroxylation sites is 1. The van der Waals surface area contributed by atoms with E-state index in [4.69, 9.17) is 18.0 Å². The van der Waals surface area contributed by atoms with Crippen LogP contribution in [0.2, 0.25) is 0 Å². The molecule has 0 saturated carbocycles. The van der Waals surface area contributed by atoms with Crippen molar-refractivity contribution in [2.24, 2.45) is 5.73 Å². The van der Waals surface area contributed by atoms with Gasteiger partial charge >= 0.3 is 0 Å². The standard InChI is InChI=1S/C13H15N3S2/c1-9-15-10(8-18-9)7-16(2)12-6-4-3-5-11(12)13(14)17/h3-6,8H,7H2,1-2H3,(H2,14,17). The minimum absolute atomic E-state index is 0.423. The first-order valence-electron chi connectivity index (χ1n) is 5.59. The van der Waals surface area contributed by atoms with Crippen LogP contribution in [0.1, 0.15) is 16.3 Å². The van der Waals surface area contributed by atoms with Gasteiger partial charge in [0.05, 0.1) is 17.2 Å². The van der Waals surface area contributed by atoms with Gasteiger partial charge in [0.1, 0.15) is 4.99 Å². The molecule has 2 aromatic rings. The lowest BCUT2D eigenvalue weighted by atomic mass is 10.1. The van der Waals surface area contributed by atoms with Crippen LogP contribution in [0.4, 0.5) is 5.69 Å². The average molecular weight is 277 g/mol. The molecule has 0 spiro atoms.